The smallest absolute Gasteiger partial charge is 0.242 e. The first-order valence-electron chi connectivity index (χ1n) is 6.05. The number of aryl methyl sites for hydroxylation is 1. The second-order valence-corrected chi connectivity index (χ2v) is 6.12. The van der Waals surface area contributed by atoms with Crippen molar-refractivity contribution in [3.63, 3.8) is 0 Å². The molecule has 1 aromatic rings. The molecule has 2 rings (SSSR count). The van der Waals surface area contributed by atoms with Gasteiger partial charge in [-0.05, 0) is 18.6 Å². The average molecular weight is 286 g/mol. The number of hydrogen-bond donors (Lipinski definition) is 2. The second kappa shape index (κ2) is 5.87. The van der Waals surface area contributed by atoms with Crippen LogP contribution in [0.5, 0.6) is 0 Å². The lowest BCUT2D eigenvalue weighted by Gasteiger charge is -2.23. The highest BCUT2D eigenvalue weighted by molar-refractivity contribution is 7.89. The molecule has 6 nitrogen and oxygen atoms in total. The number of anilines is 1. The molecule has 1 aliphatic heterocycles. The van der Waals surface area contributed by atoms with Crippen LogP contribution in [0.2, 0.25) is 0 Å². The predicted molar refractivity (Wildman–Crippen MR) is 71.3 cm³/mol. The molecule has 106 valence electrons. The van der Waals surface area contributed by atoms with Crippen molar-refractivity contribution in [3.8, 4) is 0 Å². The summed E-state index contributed by atoms with van der Waals surface area (Å²) in [5, 5.41) is 0. The fraction of sp³-hybridized carbons (Fsp3) is 0.500. The van der Waals surface area contributed by atoms with Crippen LogP contribution in [0, 0.1) is 6.92 Å². The zero-order valence-electron chi connectivity index (χ0n) is 10.8. The van der Waals surface area contributed by atoms with Crippen LogP contribution in [-0.2, 0) is 19.5 Å². The maximum absolute atomic E-state index is 12.2. The molecule has 1 saturated heterocycles. The standard InChI is InChI=1S/C12H18N2O4S/c1-9-3-2-4-11(13)12(9)19(15,16)14-7-10-8-17-5-6-18-10/h2-4,10,14H,5-8,13H2,1H3. The van der Waals surface area contributed by atoms with Crippen molar-refractivity contribution < 1.29 is 17.9 Å². The van der Waals surface area contributed by atoms with Gasteiger partial charge < -0.3 is 15.2 Å². The second-order valence-electron chi connectivity index (χ2n) is 4.41. The van der Waals surface area contributed by atoms with Crippen molar-refractivity contribution in [3.05, 3.63) is 23.8 Å². The van der Waals surface area contributed by atoms with Crippen molar-refractivity contribution in [1.82, 2.24) is 4.72 Å². The van der Waals surface area contributed by atoms with E-state index in [0.29, 0.717) is 25.4 Å². The van der Waals surface area contributed by atoms with E-state index >= 15 is 0 Å². The van der Waals surface area contributed by atoms with Crippen LogP contribution in [-0.4, -0.2) is 40.9 Å². The van der Waals surface area contributed by atoms with Gasteiger partial charge in [-0.3, -0.25) is 0 Å². The van der Waals surface area contributed by atoms with E-state index in [0.717, 1.165) is 0 Å². The Kier molecular flexibility index (Phi) is 4.41. The first-order chi connectivity index (χ1) is 9.00. The number of rotatable bonds is 4. The Bertz CT molecular complexity index is 518. The van der Waals surface area contributed by atoms with Gasteiger partial charge in [0.1, 0.15) is 4.90 Å². The van der Waals surface area contributed by atoms with Crippen LogP contribution in [0.25, 0.3) is 0 Å². The number of benzene rings is 1. The summed E-state index contributed by atoms with van der Waals surface area (Å²) in [6.07, 6.45) is -0.256. The molecule has 0 aromatic heterocycles. The number of hydrogen-bond acceptors (Lipinski definition) is 5. The van der Waals surface area contributed by atoms with E-state index in [1.54, 1.807) is 25.1 Å². The van der Waals surface area contributed by atoms with E-state index in [-0.39, 0.29) is 23.2 Å². The highest BCUT2D eigenvalue weighted by Gasteiger charge is 2.22. The van der Waals surface area contributed by atoms with Crippen molar-refractivity contribution >= 4 is 15.7 Å². The zero-order chi connectivity index (χ0) is 13.9. The van der Waals surface area contributed by atoms with E-state index in [2.05, 4.69) is 4.72 Å². The predicted octanol–water partition coefficient (Wildman–Crippen LogP) is 0.271. The summed E-state index contributed by atoms with van der Waals surface area (Å²) in [5.41, 5.74) is 6.60. The highest BCUT2D eigenvalue weighted by atomic mass is 32.2. The topological polar surface area (TPSA) is 90.7 Å². The first kappa shape index (κ1) is 14.3. The fourth-order valence-corrected chi connectivity index (χ4v) is 3.39. The minimum atomic E-state index is -3.63. The van der Waals surface area contributed by atoms with Gasteiger partial charge in [0, 0.05) is 6.54 Å². The van der Waals surface area contributed by atoms with Crippen LogP contribution in [0.1, 0.15) is 5.56 Å². The molecule has 3 N–H and O–H groups in total. The molecule has 0 aliphatic carbocycles. The largest absolute Gasteiger partial charge is 0.398 e. The first-order valence-corrected chi connectivity index (χ1v) is 7.53. The summed E-state index contributed by atoms with van der Waals surface area (Å²) >= 11 is 0. The highest BCUT2D eigenvalue weighted by Crippen LogP contribution is 2.21. The zero-order valence-corrected chi connectivity index (χ0v) is 11.6. The van der Waals surface area contributed by atoms with E-state index < -0.39 is 10.0 Å². The Morgan fingerprint density at radius 1 is 1.42 bits per heavy atom. The molecule has 19 heavy (non-hydrogen) atoms. The maximum atomic E-state index is 12.2. The van der Waals surface area contributed by atoms with Gasteiger partial charge in [0.25, 0.3) is 0 Å². The maximum Gasteiger partial charge on any atom is 0.242 e. The Hall–Kier alpha value is -1.15. The van der Waals surface area contributed by atoms with E-state index in [1.165, 1.54) is 0 Å². The molecular formula is C12H18N2O4S. The van der Waals surface area contributed by atoms with Gasteiger partial charge in [0.2, 0.25) is 10.0 Å². The number of nitrogen functional groups attached to an aromatic ring is 1. The van der Waals surface area contributed by atoms with Crippen molar-refractivity contribution in [2.24, 2.45) is 0 Å². The van der Waals surface area contributed by atoms with Gasteiger partial charge in [0.05, 0.1) is 31.6 Å². The minimum absolute atomic E-state index is 0.131. The third kappa shape index (κ3) is 3.44. The van der Waals surface area contributed by atoms with Crippen molar-refractivity contribution in [2.75, 3.05) is 32.1 Å². The molecule has 7 heteroatoms. The van der Waals surface area contributed by atoms with E-state index in [9.17, 15) is 8.42 Å². The molecule has 0 saturated carbocycles. The number of nitrogens with two attached hydrogens (primary N) is 1. The number of ether oxygens (including phenoxy) is 2. The summed E-state index contributed by atoms with van der Waals surface area (Å²) in [6, 6.07) is 5.01. The van der Waals surface area contributed by atoms with Crippen LogP contribution in [0.4, 0.5) is 5.69 Å². The molecule has 1 atom stereocenters. The Morgan fingerprint density at radius 3 is 2.84 bits per heavy atom. The number of sulfonamides is 1. The van der Waals surface area contributed by atoms with Crippen molar-refractivity contribution in [1.29, 1.82) is 0 Å². The lowest BCUT2D eigenvalue weighted by molar-refractivity contribution is -0.0846. The Labute approximate surface area is 112 Å². The van der Waals surface area contributed by atoms with E-state index in [4.69, 9.17) is 15.2 Å². The quantitative estimate of drug-likeness (QED) is 0.775. The van der Waals surface area contributed by atoms with Crippen LogP contribution in [0.3, 0.4) is 0 Å². The molecule has 1 aliphatic rings. The fourth-order valence-electron chi connectivity index (χ4n) is 1.97. The van der Waals surface area contributed by atoms with Gasteiger partial charge >= 0.3 is 0 Å². The monoisotopic (exact) mass is 286 g/mol. The van der Waals surface area contributed by atoms with Gasteiger partial charge in [-0.1, -0.05) is 12.1 Å². The molecular weight excluding hydrogens is 268 g/mol. The molecule has 1 heterocycles. The van der Waals surface area contributed by atoms with Crippen LogP contribution >= 0.6 is 0 Å². The van der Waals surface area contributed by atoms with Gasteiger partial charge in [-0.2, -0.15) is 0 Å². The normalized spacial score (nSPS) is 20.4. The molecule has 0 spiro atoms. The molecule has 0 amide bonds. The molecule has 1 unspecified atom stereocenters. The van der Waals surface area contributed by atoms with Crippen LogP contribution < -0.4 is 10.5 Å². The Morgan fingerprint density at radius 2 is 2.21 bits per heavy atom. The summed E-state index contributed by atoms with van der Waals surface area (Å²) < 4.78 is 37.6. The van der Waals surface area contributed by atoms with Gasteiger partial charge in [-0.15, -0.1) is 0 Å². The summed E-state index contributed by atoms with van der Waals surface area (Å²) in [7, 11) is -3.63. The lowest BCUT2D eigenvalue weighted by Crippen LogP contribution is -2.40. The molecule has 0 radical (unpaired) electrons. The molecule has 1 aromatic carbocycles. The molecule has 0 bridgehead atoms. The summed E-state index contributed by atoms with van der Waals surface area (Å²) in [5.74, 6) is 0. The van der Waals surface area contributed by atoms with Gasteiger partial charge in [-0.25, -0.2) is 13.1 Å². The minimum Gasteiger partial charge on any atom is -0.398 e. The third-order valence-electron chi connectivity index (χ3n) is 2.90. The SMILES string of the molecule is Cc1cccc(N)c1S(=O)(=O)NCC1COCCO1. The summed E-state index contributed by atoms with van der Waals surface area (Å²) in [6.45, 7) is 3.32. The van der Waals surface area contributed by atoms with E-state index in [1.807, 2.05) is 0 Å². The number of nitrogens with one attached hydrogen (secondary N) is 1. The Balaban J connectivity index is 2.09. The third-order valence-corrected chi connectivity index (χ3v) is 4.54. The molecule has 1 fully saturated rings. The van der Waals surface area contributed by atoms with Crippen molar-refractivity contribution in [2.45, 2.75) is 17.9 Å². The summed E-state index contributed by atoms with van der Waals surface area (Å²) in [4.78, 5) is 0.131. The van der Waals surface area contributed by atoms with Crippen LogP contribution in [0.15, 0.2) is 23.1 Å². The lowest BCUT2D eigenvalue weighted by atomic mass is 10.2. The average Bonchev–Trinajstić information content (AvgIpc) is 2.37. The van der Waals surface area contributed by atoms with Gasteiger partial charge in [0.15, 0.2) is 0 Å².